The third kappa shape index (κ3) is 4.06. The average Bonchev–Trinajstić information content (AvgIpc) is 2.38. The lowest BCUT2D eigenvalue weighted by atomic mass is 10.1. The number of hydrogen-bond donors (Lipinski definition) is 1. The Labute approximate surface area is 129 Å². The van der Waals surface area contributed by atoms with Crippen LogP contribution in [0, 0.1) is 0 Å². The van der Waals surface area contributed by atoms with Crippen molar-refractivity contribution in [1.29, 1.82) is 0 Å². The van der Waals surface area contributed by atoms with E-state index in [9.17, 15) is 14.7 Å². The third-order valence-electron chi connectivity index (χ3n) is 2.53. The minimum atomic E-state index is -0.529. The van der Waals surface area contributed by atoms with Crippen molar-refractivity contribution in [2.75, 3.05) is 0 Å². The van der Waals surface area contributed by atoms with Crippen molar-refractivity contribution >= 4 is 32.4 Å². The van der Waals surface area contributed by atoms with E-state index >= 15 is 0 Å². The zero-order valence-corrected chi connectivity index (χ0v) is 12.5. The number of ether oxygens (including phenoxy) is 1. The van der Waals surface area contributed by atoms with Crippen LogP contribution in [0.25, 0.3) is 0 Å². The van der Waals surface area contributed by atoms with Gasteiger partial charge in [0.25, 0.3) is 0 Å². The summed E-state index contributed by atoms with van der Waals surface area (Å²) in [5.41, 5.74) is 1.12. The van der Waals surface area contributed by atoms with Crippen molar-refractivity contribution in [3.05, 3.63) is 59.7 Å². The Morgan fingerprint density at radius 2 is 1.85 bits per heavy atom. The Balaban J connectivity index is 2.15. The van der Waals surface area contributed by atoms with Gasteiger partial charge in [-0.1, -0.05) is 18.2 Å². The molecule has 0 bridgehead atoms. The molecule has 0 aromatic heterocycles. The summed E-state index contributed by atoms with van der Waals surface area (Å²) in [7, 11) is 0. The second-order valence-electron chi connectivity index (χ2n) is 4.12. The number of carbonyl (C=O) groups excluding carboxylic acids is 2. The molecular formula is C15H11IO4. The summed E-state index contributed by atoms with van der Waals surface area (Å²) in [6.45, 7) is 0. The van der Waals surface area contributed by atoms with Crippen molar-refractivity contribution in [2.45, 2.75) is 6.42 Å². The summed E-state index contributed by atoms with van der Waals surface area (Å²) in [6, 6.07) is 12.7. The fourth-order valence-corrected chi connectivity index (χ4v) is 2.12. The molecule has 2 aromatic carbocycles. The molecule has 1 N–H and O–H groups in total. The van der Waals surface area contributed by atoms with Crippen LogP contribution in [0.1, 0.15) is 15.9 Å². The van der Waals surface area contributed by atoms with Gasteiger partial charge in [0, 0.05) is 12.5 Å². The number of phenolic OH excluding ortho intramolecular Hbond substituents is 1. The van der Waals surface area contributed by atoms with Crippen molar-refractivity contribution in [3.63, 3.8) is 0 Å². The highest BCUT2D eigenvalue weighted by Crippen LogP contribution is 2.19. The van der Waals surface area contributed by atoms with E-state index in [1.54, 1.807) is 59.0 Å². The van der Waals surface area contributed by atoms with Gasteiger partial charge in [0.05, 0.1) is 5.56 Å². The van der Waals surface area contributed by atoms with Gasteiger partial charge in [-0.25, -0.2) is 4.79 Å². The molecule has 5 heteroatoms. The van der Waals surface area contributed by atoms with Crippen molar-refractivity contribution in [1.82, 2.24) is 0 Å². The van der Waals surface area contributed by atoms with Gasteiger partial charge in [-0.05, 0) is 52.4 Å². The zero-order chi connectivity index (χ0) is 14.5. The molecule has 0 radical (unpaired) electrons. The second-order valence-corrected chi connectivity index (χ2v) is 5.32. The standard InChI is InChI=1S/C15H11IO4/c16-14(18)8-10-3-1-4-11(7-10)15(19)20-13-6-2-5-12(17)9-13/h1-7,9,17H,8H2. The zero-order valence-electron chi connectivity index (χ0n) is 10.4. The van der Waals surface area contributed by atoms with Crippen LogP contribution in [-0.2, 0) is 11.2 Å². The first kappa shape index (κ1) is 14.5. The molecule has 20 heavy (non-hydrogen) atoms. The van der Waals surface area contributed by atoms with Gasteiger partial charge in [-0.2, -0.15) is 0 Å². The first-order valence-corrected chi connectivity index (χ1v) is 6.91. The van der Waals surface area contributed by atoms with Gasteiger partial charge >= 0.3 is 5.97 Å². The van der Waals surface area contributed by atoms with Gasteiger partial charge in [-0.15, -0.1) is 0 Å². The molecule has 0 aliphatic rings. The SMILES string of the molecule is O=C(I)Cc1cccc(C(=O)Oc2cccc(O)c2)c1. The summed E-state index contributed by atoms with van der Waals surface area (Å²) in [5.74, 6) is -0.233. The van der Waals surface area contributed by atoms with E-state index in [0.29, 0.717) is 5.56 Å². The van der Waals surface area contributed by atoms with Crippen molar-refractivity contribution in [2.24, 2.45) is 0 Å². The summed E-state index contributed by atoms with van der Waals surface area (Å²) < 4.78 is 5.16. The van der Waals surface area contributed by atoms with Crippen LogP contribution in [0.15, 0.2) is 48.5 Å². The molecular weight excluding hydrogens is 371 g/mol. The molecule has 2 rings (SSSR count). The largest absolute Gasteiger partial charge is 0.508 e. The average molecular weight is 382 g/mol. The molecule has 0 heterocycles. The maximum absolute atomic E-state index is 12.0. The maximum atomic E-state index is 12.0. The summed E-state index contributed by atoms with van der Waals surface area (Å²) in [6.07, 6.45) is 0.272. The quantitative estimate of drug-likeness (QED) is 0.382. The van der Waals surface area contributed by atoms with Crippen LogP contribution in [0.3, 0.4) is 0 Å². The van der Waals surface area contributed by atoms with Gasteiger partial charge in [0.1, 0.15) is 11.5 Å². The number of carbonyl (C=O) groups is 2. The van der Waals surface area contributed by atoms with E-state index in [1.165, 1.54) is 12.1 Å². The Hall–Kier alpha value is -1.89. The fraction of sp³-hybridized carbons (Fsp3) is 0.0667. The van der Waals surface area contributed by atoms with Gasteiger partial charge in [-0.3, -0.25) is 4.79 Å². The van der Waals surface area contributed by atoms with E-state index < -0.39 is 5.97 Å². The lowest BCUT2D eigenvalue weighted by Crippen LogP contribution is -2.09. The molecule has 0 atom stereocenters. The smallest absolute Gasteiger partial charge is 0.343 e. The first-order valence-electron chi connectivity index (χ1n) is 5.83. The molecule has 4 nitrogen and oxygen atoms in total. The van der Waals surface area contributed by atoms with Crippen LogP contribution < -0.4 is 4.74 Å². The molecule has 0 aliphatic heterocycles. The Bertz CT molecular complexity index is 652. The lowest BCUT2D eigenvalue weighted by Gasteiger charge is -2.06. The molecule has 0 spiro atoms. The number of phenols is 1. The molecule has 0 unspecified atom stereocenters. The minimum absolute atomic E-state index is 0.00102. The van der Waals surface area contributed by atoms with Crippen LogP contribution >= 0.6 is 22.6 Å². The Morgan fingerprint density at radius 1 is 1.10 bits per heavy atom. The highest BCUT2D eigenvalue weighted by atomic mass is 127. The topological polar surface area (TPSA) is 63.6 Å². The molecule has 0 fully saturated rings. The third-order valence-corrected chi connectivity index (χ3v) is 2.92. The van der Waals surface area contributed by atoms with E-state index in [-0.39, 0.29) is 21.7 Å². The van der Waals surface area contributed by atoms with Crippen molar-refractivity contribution < 1.29 is 19.4 Å². The van der Waals surface area contributed by atoms with Crippen LogP contribution in [-0.4, -0.2) is 14.9 Å². The molecule has 102 valence electrons. The van der Waals surface area contributed by atoms with Gasteiger partial charge < -0.3 is 9.84 Å². The highest BCUT2D eigenvalue weighted by molar-refractivity contribution is 14.1. The second kappa shape index (κ2) is 6.51. The van der Waals surface area contributed by atoms with Crippen molar-refractivity contribution in [3.8, 4) is 11.5 Å². The summed E-state index contributed by atoms with van der Waals surface area (Å²) in [5, 5.41) is 9.31. The van der Waals surface area contributed by atoms with Crippen LogP contribution in [0.4, 0.5) is 0 Å². The number of rotatable bonds is 4. The van der Waals surface area contributed by atoms with Gasteiger partial charge in [0.2, 0.25) is 0 Å². The normalized spacial score (nSPS) is 10.1. The molecule has 0 saturated heterocycles. The fourth-order valence-electron chi connectivity index (χ4n) is 1.68. The summed E-state index contributed by atoms with van der Waals surface area (Å²) in [4.78, 5) is 23.0. The van der Waals surface area contributed by atoms with Crippen LogP contribution in [0.2, 0.25) is 0 Å². The number of esters is 1. The summed E-state index contributed by atoms with van der Waals surface area (Å²) >= 11 is 1.71. The van der Waals surface area contributed by atoms with E-state index in [1.807, 2.05) is 0 Å². The van der Waals surface area contributed by atoms with E-state index in [4.69, 9.17) is 4.74 Å². The number of hydrogen-bond acceptors (Lipinski definition) is 4. The molecule has 0 aliphatic carbocycles. The number of benzene rings is 2. The molecule has 0 amide bonds. The predicted molar refractivity (Wildman–Crippen MR) is 82.2 cm³/mol. The number of aromatic hydroxyl groups is 1. The number of halogens is 1. The first-order chi connectivity index (χ1) is 9.54. The maximum Gasteiger partial charge on any atom is 0.343 e. The monoisotopic (exact) mass is 382 g/mol. The van der Waals surface area contributed by atoms with Gasteiger partial charge in [0.15, 0.2) is 3.79 Å². The predicted octanol–water partition coefficient (Wildman–Crippen LogP) is 3.12. The highest BCUT2D eigenvalue weighted by Gasteiger charge is 2.10. The molecule has 2 aromatic rings. The van der Waals surface area contributed by atoms with E-state index in [2.05, 4.69) is 0 Å². The molecule has 0 saturated carbocycles. The Morgan fingerprint density at radius 3 is 2.55 bits per heavy atom. The lowest BCUT2D eigenvalue weighted by molar-refractivity contribution is -0.108. The van der Waals surface area contributed by atoms with Crippen LogP contribution in [0.5, 0.6) is 11.5 Å². The minimum Gasteiger partial charge on any atom is -0.508 e. The Kier molecular flexibility index (Phi) is 4.73. The van der Waals surface area contributed by atoms with E-state index in [0.717, 1.165) is 5.56 Å².